The molecule has 0 aliphatic heterocycles. The zero-order chi connectivity index (χ0) is 13.0. The van der Waals surface area contributed by atoms with Gasteiger partial charge in [0.15, 0.2) is 0 Å². The van der Waals surface area contributed by atoms with Gasteiger partial charge in [0.25, 0.3) is 5.91 Å². The highest BCUT2D eigenvalue weighted by Crippen LogP contribution is 2.25. The van der Waals surface area contributed by atoms with Gasteiger partial charge in [0.1, 0.15) is 0 Å². The Bertz CT molecular complexity index is 398. The zero-order valence-electron chi connectivity index (χ0n) is 10.8. The first-order chi connectivity index (χ1) is 8.72. The van der Waals surface area contributed by atoms with Gasteiger partial charge in [-0.3, -0.25) is 4.79 Å². The van der Waals surface area contributed by atoms with Gasteiger partial charge >= 0.3 is 0 Å². The third kappa shape index (κ3) is 3.27. The molecule has 1 saturated carbocycles. The zero-order valence-corrected chi connectivity index (χ0v) is 12.4. The van der Waals surface area contributed by atoms with Gasteiger partial charge in [-0.2, -0.15) is 0 Å². The summed E-state index contributed by atoms with van der Waals surface area (Å²) in [6, 6.07) is 4.34. The van der Waals surface area contributed by atoms with Crippen molar-refractivity contribution in [3.8, 4) is 0 Å². The Morgan fingerprint density at radius 3 is 2.67 bits per heavy atom. The molecule has 0 bridgehead atoms. The van der Waals surface area contributed by atoms with Crippen LogP contribution in [0, 0.1) is 6.92 Å². The number of alkyl halides is 1. The van der Waals surface area contributed by atoms with E-state index in [0.29, 0.717) is 18.5 Å². The highest BCUT2D eigenvalue weighted by molar-refractivity contribution is 7.13. The van der Waals surface area contributed by atoms with Crippen LogP contribution >= 0.6 is 22.9 Å². The van der Waals surface area contributed by atoms with E-state index < -0.39 is 0 Å². The number of hydrogen-bond acceptors (Lipinski definition) is 2. The number of amides is 1. The summed E-state index contributed by atoms with van der Waals surface area (Å²) in [6.07, 6.45) is 6.04. The molecule has 0 saturated heterocycles. The summed E-state index contributed by atoms with van der Waals surface area (Å²) in [7, 11) is 0. The molecule has 1 heterocycles. The SMILES string of the molecule is Cc1ccc(C(=O)N(CCCl)C2CCCCC2)s1. The summed E-state index contributed by atoms with van der Waals surface area (Å²) < 4.78 is 0. The second kappa shape index (κ2) is 6.58. The molecule has 1 aromatic rings. The molecular weight excluding hydrogens is 266 g/mol. The summed E-state index contributed by atoms with van der Waals surface area (Å²) in [5.41, 5.74) is 0. The summed E-state index contributed by atoms with van der Waals surface area (Å²) >= 11 is 7.44. The van der Waals surface area contributed by atoms with E-state index in [1.54, 1.807) is 11.3 Å². The number of thiophene rings is 1. The summed E-state index contributed by atoms with van der Waals surface area (Å²) in [6.45, 7) is 2.70. The van der Waals surface area contributed by atoms with Crippen molar-refractivity contribution < 1.29 is 4.79 Å². The van der Waals surface area contributed by atoms with Gasteiger partial charge < -0.3 is 4.90 Å². The number of aryl methyl sites for hydroxylation is 1. The van der Waals surface area contributed by atoms with E-state index in [1.807, 2.05) is 24.0 Å². The summed E-state index contributed by atoms with van der Waals surface area (Å²) in [4.78, 5) is 16.6. The van der Waals surface area contributed by atoms with Gasteiger partial charge in [-0.15, -0.1) is 22.9 Å². The van der Waals surface area contributed by atoms with Crippen LogP contribution in [0.5, 0.6) is 0 Å². The first kappa shape index (κ1) is 13.9. The van der Waals surface area contributed by atoms with Crippen molar-refractivity contribution in [2.24, 2.45) is 0 Å². The molecule has 0 radical (unpaired) electrons. The van der Waals surface area contributed by atoms with Crippen LogP contribution in [0.1, 0.15) is 46.7 Å². The number of rotatable bonds is 4. The van der Waals surface area contributed by atoms with Crippen molar-refractivity contribution in [2.45, 2.75) is 45.1 Å². The number of nitrogens with zero attached hydrogens (tertiary/aromatic N) is 1. The molecule has 2 nitrogen and oxygen atoms in total. The van der Waals surface area contributed by atoms with E-state index in [4.69, 9.17) is 11.6 Å². The van der Waals surface area contributed by atoms with Crippen LogP contribution in [0.2, 0.25) is 0 Å². The van der Waals surface area contributed by atoms with Crippen molar-refractivity contribution in [3.05, 3.63) is 21.9 Å². The molecule has 0 aromatic carbocycles. The molecule has 1 fully saturated rings. The fourth-order valence-electron chi connectivity index (χ4n) is 2.62. The lowest BCUT2D eigenvalue weighted by molar-refractivity contribution is 0.0654. The Morgan fingerprint density at radius 2 is 2.11 bits per heavy atom. The van der Waals surface area contributed by atoms with Crippen molar-refractivity contribution >= 4 is 28.8 Å². The van der Waals surface area contributed by atoms with Crippen LogP contribution in [0.15, 0.2) is 12.1 Å². The van der Waals surface area contributed by atoms with Gasteiger partial charge in [-0.1, -0.05) is 19.3 Å². The average Bonchev–Trinajstić information content (AvgIpc) is 2.83. The minimum Gasteiger partial charge on any atom is -0.334 e. The Balaban J connectivity index is 2.10. The molecule has 0 unspecified atom stereocenters. The maximum atomic E-state index is 12.5. The van der Waals surface area contributed by atoms with E-state index in [-0.39, 0.29) is 5.91 Å². The van der Waals surface area contributed by atoms with Crippen molar-refractivity contribution in [1.82, 2.24) is 4.90 Å². The molecule has 1 amide bonds. The van der Waals surface area contributed by atoms with Crippen molar-refractivity contribution in [1.29, 1.82) is 0 Å². The number of hydrogen-bond donors (Lipinski definition) is 0. The minimum absolute atomic E-state index is 0.167. The highest BCUT2D eigenvalue weighted by atomic mass is 35.5. The molecule has 0 N–H and O–H groups in total. The van der Waals surface area contributed by atoms with E-state index in [0.717, 1.165) is 17.7 Å². The normalized spacial score (nSPS) is 16.8. The van der Waals surface area contributed by atoms with Gasteiger partial charge in [-0.05, 0) is 31.9 Å². The van der Waals surface area contributed by atoms with E-state index >= 15 is 0 Å². The molecule has 1 aromatic heterocycles. The van der Waals surface area contributed by atoms with Gasteiger partial charge in [-0.25, -0.2) is 0 Å². The third-order valence-corrected chi connectivity index (χ3v) is 4.71. The first-order valence-electron chi connectivity index (χ1n) is 6.65. The Labute approximate surface area is 118 Å². The van der Waals surface area contributed by atoms with Crippen LogP contribution in [-0.2, 0) is 0 Å². The Morgan fingerprint density at radius 1 is 1.39 bits per heavy atom. The van der Waals surface area contributed by atoms with Gasteiger partial charge in [0, 0.05) is 23.3 Å². The minimum atomic E-state index is 0.167. The fourth-order valence-corrected chi connectivity index (χ4v) is 3.63. The maximum absolute atomic E-state index is 12.5. The smallest absolute Gasteiger partial charge is 0.264 e. The number of carbonyl (C=O) groups is 1. The van der Waals surface area contributed by atoms with Gasteiger partial charge in [0.05, 0.1) is 4.88 Å². The lowest BCUT2D eigenvalue weighted by Crippen LogP contribution is -2.42. The van der Waals surface area contributed by atoms with Crippen LogP contribution in [0.25, 0.3) is 0 Å². The Hall–Kier alpha value is -0.540. The van der Waals surface area contributed by atoms with E-state index in [2.05, 4.69) is 0 Å². The molecule has 1 aliphatic rings. The molecule has 2 rings (SSSR count). The maximum Gasteiger partial charge on any atom is 0.264 e. The second-order valence-electron chi connectivity index (χ2n) is 4.89. The van der Waals surface area contributed by atoms with Gasteiger partial charge in [0.2, 0.25) is 0 Å². The highest BCUT2D eigenvalue weighted by Gasteiger charge is 2.26. The molecule has 4 heteroatoms. The fraction of sp³-hybridized carbons (Fsp3) is 0.643. The topological polar surface area (TPSA) is 20.3 Å². The summed E-state index contributed by atoms with van der Waals surface area (Å²) in [5.74, 6) is 0.688. The molecule has 0 spiro atoms. The predicted molar refractivity (Wildman–Crippen MR) is 77.7 cm³/mol. The van der Waals surface area contributed by atoms with Crippen molar-refractivity contribution in [3.63, 3.8) is 0 Å². The molecule has 0 atom stereocenters. The van der Waals surface area contributed by atoms with Crippen LogP contribution in [0.3, 0.4) is 0 Å². The number of carbonyl (C=O) groups excluding carboxylic acids is 1. The monoisotopic (exact) mass is 285 g/mol. The second-order valence-corrected chi connectivity index (χ2v) is 6.56. The molecular formula is C14H20ClNOS. The van der Waals surface area contributed by atoms with Crippen molar-refractivity contribution in [2.75, 3.05) is 12.4 Å². The predicted octanol–water partition coefficient (Wildman–Crippen LogP) is 4.07. The van der Waals surface area contributed by atoms with E-state index in [9.17, 15) is 4.79 Å². The molecule has 18 heavy (non-hydrogen) atoms. The number of halogens is 1. The van der Waals surface area contributed by atoms with Crippen LogP contribution in [-0.4, -0.2) is 29.3 Å². The van der Waals surface area contributed by atoms with Crippen LogP contribution in [0.4, 0.5) is 0 Å². The largest absolute Gasteiger partial charge is 0.334 e. The first-order valence-corrected chi connectivity index (χ1v) is 8.01. The Kier molecular flexibility index (Phi) is 5.07. The average molecular weight is 286 g/mol. The quantitative estimate of drug-likeness (QED) is 0.764. The molecule has 1 aliphatic carbocycles. The lowest BCUT2D eigenvalue weighted by atomic mass is 9.94. The summed E-state index contributed by atoms with van der Waals surface area (Å²) in [5, 5.41) is 0. The standard InChI is InChI=1S/C14H20ClNOS/c1-11-7-8-13(18-11)14(17)16(10-9-15)12-5-3-2-4-6-12/h7-8,12H,2-6,9-10H2,1H3. The lowest BCUT2D eigenvalue weighted by Gasteiger charge is -2.33. The van der Waals surface area contributed by atoms with Crippen LogP contribution < -0.4 is 0 Å². The third-order valence-electron chi connectivity index (χ3n) is 3.55. The van der Waals surface area contributed by atoms with E-state index in [1.165, 1.54) is 24.1 Å². The molecule has 100 valence electrons.